The number of alkyl carbamates (subject to hydrolysis) is 1. The van der Waals surface area contributed by atoms with E-state index in [0.29, 0.717) is 0 Å². The van der Waals surface area contributed by atoms with E-state index in [4.69, 9.17) is 14.9 Å². The normalized spacial score (nSPS) is 15.4. The fourth-order valence-corrected chi connectivity index (χ4v) is 1.59. The van der Waals surface area contributed by atoms with Crippen molar-refractivity contribution < 1.29 is 38.0 Å². The fraction of sp³-hybridized carbons (Fsp3) is 0.923. The van der Waals surface area contributed by atoms with Crippen LogP contribution in [0.25, 0.3) is 0 Å². The summed E-state index contributed by atoms with van der Waals surface area (Å²) in [5, 5.41) is 29.5. The van der Waals surface area contributed by atoms with Gasteiger partial charge in [-0.05, 0) is 20.8 Å². The highest BCUT2D eigenvalue weighted by atomic mass is 19.4. The quantitative estimate of drug-likeness (QED) is 0.497. The summed E-state index contributed by atoms with van der Waals surface area (Å²) < 4.78 is 42.1. The first-order chi connectivity index (χ1) is 10.3. The molecule has 0 unspecified atom stereocenters. The van der Waals surface area contributed by atoms with Crippen molar-refractivity contribution >= 4 is 6.09 Å². The van der Waals surface area contributed by atoms with Crippen molar-refractivity contribution in [3.8, 4) is 0 Å². The number of nitrogens with zero attached hydrogens (tertiary/aromatic N) is 1. The van der Waals surface area contributed by atoms with E-state index in [2.05, 4.69) is 5.32 Å². The molecule has 4 N–H and O–H groups in total. The van der Waals surface area contributed by atoms with E-state index in [9.17, 15) is 23.1 Å². The lowest BCUT2D eigenvalue weighted by Crippen LogP contribution is -2.47. The molecule has 0 bridgehead atoms. The van der Waals surface area contributed by atoms with Crippen LogP contribution >= 0.6 is 0 Å². The Morgan fingerprint density at radius 3 is 2.22 bits per heavy atom. The lowest BCUT2D eigenvalue weighted by Gasteiger charge is -2.28. The minimum Gasteiger partial charge on any atom is -0.444 e. The average molecular weight is 346 g/mol. The van der Waals surface area contributed by atoms with Crippen molar-refractivity contribution in [1.29, 1.82) is 0 Å². The van der Waals surface area contributed by atoms with Gasteiger partial charge in [-0.3, -0.25) is 4.90 Å². The number of nitrogens with one attached hydrogen (secondary N) is 1. The number of alkyl halides is 3. The van der Waals surface area contributed by atoms with Gasteiger partial charge in [-0.1, -0.05) is 0 Å². The molecule has 0 aromatic rings. The molecule has 0 aliphatic rings. The number of aliphatic hydroxyl groups excluding tert-OH is 3. The van der Waals surface area contributed by atoms with Crippen LogP contribution in [-0.4, -0.2) is 83.1 Å². The molecule has 2 atom stereocenters. The van der Waals surface area contributed by atoms with Crippen LogP contribution in [0.1, 0.15) is 20.8 Å². The van der Waals surface area contributed by atoms with E-state index in [1.807, 2.05) is 0 Å². The SMILES string of the molecule is CC(C)(C)OC(=O)NCCN(C[C@@H](O)CO)C[C@H](O)C(F)(F)F. The molecule has 1 amide bonds. The fourth-order valence-electron chi connectivity index (χ4n) is 1.59. The summed E-state index contributed by atoms with van der Waals surface area (Å²) in [6.07, 6.45) is -9.36. The van der Waals surface area contributed by atoms with Crippen molar-refractivity contribution in [2.24, 2.45) is 0 Å². The summed E-state index contributed by atoms with van der Waals surface area (Å²) >= 11 is 0. The van der Waals surface area contributed by atoms with Gasteiger partial charge >= 0.3 is 12.3 Å². The van der Waals surface area contributed by atoms with Gasteiger partial charge in [0.25, 0.3) is 0 Å². The van der Waals surface area contributed by atoms with Crippen molar-refractivity contribution in [3.63, 3.8) is 0 Å². The van der Waals surface area contributed by atoms with Gasteiger partial charge in [0.15, 0.2) is 6.10 Å². The molecular weight excluding hydrogens is 321 g/mol. The van der Waals surface area contributed by atoms with Crippen LogP contribution in [0, 0.1) is 0 Å². The Morgan fingerprint density at radius 1 is 1.22 bits per heavy atom. The Hall–Kier alpha value is -1.10. The topological polar surface area (TPSA) is 102 Å². The van der Waals surface area contributed by atoms with E-state index in [0.717, 1.165) is 4.90 Å². The van der Waals surface area contributed by atoms with E-state index >= 15 is 0 Å². The van der Waals surface area contributed by atoms with Crippen LogP contribution in [0.2, 0.25) is 0 Å². The molecule has 0 radical (unpaired) electrons. The van der Waals surface area contributed by atoms with Crippen LogP contribution in [0.3, 0.4) is 0 Å². The summed E-state index contributed by atoms with van der Waals surface area (Å²) in [6, 6.07) is 0. The second-order valence-electron chi connectivity index (χ2n) is 6.08. The van der Waals surface area contributed by atoms with Gasteiger partial charge < -0.3 is 25.4 Å². The van der Waals surface area contributed by atoms with E-state index in [1.54, 1.807) is 20.8 Å². The number of halogens is 3. The molecule has 0 heterocycles. The van der Waals surface area contributed by atoms with Gasteiger partial charge in [-0.2, -0.15) is 13.2 Å². The van der Waals surface area contributed by atoms with Gasteiger partial charge in [-0.25, -0.2) is 4.79 Å². The number of carbonyl (C=O) groups excluding carboxylic acids is 1. The number of hydrogen-bond acceptors (Lipinski definition) is 6. The van der Waals surface area contributed by atoms with Crippen LogP contribution in [0.15, 0.2) is 0 Å². The zero-order chi connectivity index (χ0) is 18.3. The zero-order valence-corrected chi connectivity index (χ0v) is 13.4. The maximum absolute atomic E-state index is 12.4. The van der Waals surface area contributed by atoms with E-state index in [1.165, 1.54) is 0 Å². The standard InChI is InChI=1S/C13H25F3N2O5/c1-12(2,3)23-11(22)17-4-5-18(6-9(20)8-19)7-10(21)13(14,15)16/h9-10,19-21H,4-8H2,1-3H3,(H,17,22)/t9-,10+/m1/s1. The Balaban J connectivity index is 4.45. The first-order valence-corrected chi connectivity index (χ1v) is 7.08. The minimum atomic E-state index is -4.79. The Morgan fingerprint density at radius 2 is 1.78 bits per heavy atom. The Kier molecular flexibility index (Phi) is 8.82. The summed E-state index contributed by atoms with van der Waals surface area (Å²) in [5.41, 5.74) is -0.705. The maximum Gasteiger partial charge on any atom is 0.415 e. The molecule has 0 aromatic carbocycles. The third-order valence-electron chi connectivity index (χ3n) is 2.58. The average Bonchev–Trinajstić information content (AvgIpc) is 2.34. The number of amides is 1. The highest BCUT2D eigenvalue weighted by molar-refractivity contribution is 5.67. The first kappa shape index (κ1) is 21.9. The summed E-state index contributed by atoms with van der Waals surface area (Å²) in [4.78, 5) is 12.5. The van der Waals surface area contributed by atoms with Gasteiger partial charge in [0.2, 0.25) is 0 Å². The third-order valence-corrected chi connectivity index (χ3v) is 2.58. The van der Waals surface area contributed by atoms with Crippen molar-refractivity contribution in [3.05, 3.63) is 0 Å². The first-order valence-electron chi connectivity index (χ1n) is 7.08. The highest BCUT2D eigenvalue weighted by Crippen LogP contribution is 2.20. The van der Waals surface area contributed by atoms with Crippen LogP contribution < -0.4 is 5.32 Å². The zero-order valence-electron chi connectivity index (χ0n) is 13.4. The maximum atomic E-state index is 12.4. The molecule has 7 nitrogen and oxygen atoms in total. The van der Waals surface area contributed by atoms with Crippen molar-refractivity contribution in [2.45, 2.75) is 44.8 Å². The van der Waals surface area contributed by atoms with Gasteiger partial charge in [0.1, 0.15) is 5.60 Å². The van der Waals surface area contributed by atoms with Crippen LogP contribution in [-0.2, 0) is 4.74 Å². The number of rotatable bonds is 8. The van der Waals surface area contributed by atoms with Crippen molar-refractivity contribution in [1.82, 2.24) is 10.2 Å². The van der Waals surface area contributed by atoms with Gasteiger partial charge in [0.05, 0.1) is 12.7 Å². The highest BCUT2D eigenvalue weighted by Gasteiger charge is 2.39. The molecule has 0 rings (SSSR count). The Labute approximate surface area is 133 Å². The predicted octanol–water partition coefficient (Wildman–Crippen LogP) is 0.0895. The lowest BCUT2D eigenvalue weighted by molar-refractivity contribution is -0.208. The van der Waals surface area contributed by atoms with Crippen LogP contribution in [0.4, 0.5) is 18.0 Å². The summed E-state index contributed by atoms with van der Waals surface area (Å²) in [6.45, 7) is 3.19. The van der Waals surface area contributed by atoms with Crippen molar-refractivity contribution in [2.75, 3.05) is 32.8 Å². The number of ether oxygens (including phenoxy) is 1. The molecule has 0 saturated heterocycles. The number of carbonyl (C=O) groups is 1. The molecule has 0 fully saturated rings. The lowest BCUT2D eigenvalue weighted by atomic mass is 10.2. The second kappa shape index (κ2) is 9.26. The summed E-state index contributed by atoms with van der Waals surface area (Å²) in [5.74, 6) is 0. The molecule has 0 aliphatic heterocycles. The number of aliphatic hydroxyl groups is 3. The minimum absolute atomic E-state index is 0.0440. The predicted molar refractivity (Wildman–Crippen MR) is 75.8 cm³/mol. The monoisotopic (exact) mass is 346 g/mol. The molecule has 10 heteroatoms. The third kappa shape index (κ3) is 11.1. The molecule has 23 heavy (non-hydrogen) atoms. The second-order valence-corrected chi connectivity index (χ2v) is 6.08. The molecule has 0 aliphatic carbocycles. The number of hydrogen-bond donors (Lipinski definition) is 4. The molecule has 0 aromatic heterocycles. The van der Waals surface area contributed by atoms with Crippen LogP contribution in [0.5, 0.6) is 0 Å². The Bertz CT molecular complexity index is 360. The largest absolute Gasteiger partial charge is 0.444 e. The van der Waals surface area contributed by atoms with E-state index < -0.39 is 43.2 Å². The van der Waals surface area contributed by atoms with Gasteiger partial charge in [0, 0.05) is 26.2 Å². The molecule has 0 spiro atoms. The van der Waals surface area contributed by atoms with Gasteiger partial charge in [-0.15, -0.1) is 0 Å². The molecule has 0 saturated carbocycles. The molecular formula is C13H25F3N2O5. The smallest absolute Gasteiger partial charge is 0.415 e. The molecule has 138 valence electrons. The van der Waals surface area contributed by atoms with E-state index in [-0.39, 0.29) is 19.6 Å². The summed E-state index contributed by atoms with van der Waals surface area (Å²) in [7, 11) is 0.